The van der Waals surface area contributed by atoms with Gasteiger partial charge in [0.05, 0.1) is 4.92 Å². The van der Waals surface area contributed by atoms with Crippen molar-refractivity contribution in [2.45, 2.75) is 6.42 Å². The molecule has 0 aliphatic rings. The van der Waals surface area contributed by atoms with Gasteiger partial charge in [-0.15, -0.1) is 0 Å². The quantitative estimate of drug-likeness (QED) is 0.534. The third-order valence-corrected chi connectivity index (χ3v) is 3.25. The summed E-state index contributed by atoms with van der Waals surface area (Å²) in [6.07, 6.45) is 2.10. The van der Waals surface area contributed by atoms with E-state index in [0.717, 1.165) is 5.82 Å². The number of nitro groups is 1. The lowest BCUT2D eigenvalue weighted by Gasteiger charge is -2.07. The van der Waals surface area contributed by atoms with Gasteiger partial charge in [0.1, 0.15) is 18.0 Å². The Morgan fingerprint density at radius 1 is 1.17 bits per heavy atom. The monoisotopic (exact) mass is 310 g/mol. The summed E-state index contributed by atoms with van der Waals surface area (Å²) in [6.45, 7) is 0.592. The van der Waals surface area contributed by atoms with Gasteiger partial charge >= 0.3 is 0 Å². The van der Waals surface area contributed by atoms with Crippen molar-refractivity contribution in [3.8, 4) is 11.3 Å². The van der Waals surface area contributed by atoms with Crippen molar-refractivity contribution in [3.05, 3.63) is 64.7 Å². The SMILES string of the molecule is O=[N+]([O-])c1ccc(NCCc2ncn[nH]2)nc1-c1ccccc1. The molecule has 3 aromatic rings. The van der Waals surface area contributed by atoms with E-state index in [1.807, 2.05) is 18.2 Å². The molecule has 2 aromatic heterocycles. The predicted octanol–water partition coefficient (Wildman–Crippen LogP) is 2.43. The highest BCUT2D eigenvalue weighted by molar-refractivity contribution is 5.71. The molecule has 0 atom stereocenters. The van der Waals surface area contributed by atoms with E-state index in [1.54, 1.807) is 18.2 Å². The molecule has 0 aliphatic carbocycles. The number of benzene rings is 1. The largest absolute Gasteiger partial charge is 0.370 e. The van der Waals surface area contributed by atoms with E-state index >= 15 is 0 Å². The van der Waals surface area contributed by atoms with Gasteiger partial charge in [0, 0.05) is 24.6 Å². The van der Waals surface area contributed by atoms with Gasteiger partial charge in [-0.1, -0.05) is 30.3 Å². The number of H-pyrrole nitrogens is 1. The van der Waals surface area contributed by atoms with E-state index < -0.39 is 4.92 Å². The highest BCUT2D eigenvalue weighted by Crippen LogP contribution is 2.29. The summed E-state index contributed by atoms with van der Waals surface area (Å²) in [4.78, 5) is 19.2. The highest BCUT2D eigenvalue weighted by Gasteiger charge is 2.17. The Hall–Kier alpha value is -3.29. The fraction of sp³-hybridized carbons (Fsp3) is 0.133. The lowest BCUT2D eigenvalue weighted by molar-refractivity contribution is -0.384. The molecule has 0 unspecified atom stereocenters. The Labute approximate surface area is 131 Å². The molecular weight excluding hydrogens is 296 g/mol. The van der Waals surface area contributed by atoms with Crippen LogP contribution in [0.25, 0.3) is 11.3 Å². The van der Waals surface area contributed by atoms with Gasteiger partial charge in [-0.05, 0) is 6.07 Å². The first kappa shape index (κ1) is 14.6. The molecule has 0 amide bonds. The van der Waals surface area contributed by atoms with E-state index in [-0.39, 0.29) is 5.69 Å². The average molecular weight is 310 g/mol. The number of anilines is 1. The Morgan fingerprint density at radius 3 is 2.70 bits per heavy atom. The van der Waals surface area contributed by atoms with Crippen molar-refractivity contribution >= 4 is 11.5 Å². The Kier molecular flexibility index (Phi) is 4.23. The van der Waals surface area contributed by atoms with Gasteiger partial charge < -0.3 is 5.32 Å². The zero-order valence-electron chi connectivity index (χ0n) is 12.1. The van der Waals surface area contributed by atoms with Crippen LogP contribution in [0.1, 0.15) is 5.82 Å². The van der Waals surface area contributed by atoms with Crippen molar-refractivity contribution < 1.29 is 4.92 Å². The fourth-order valence-electron chi connectivity index (χ4n) is 2.17. The van der Waals surface area contributed by atoms with Gasteiger partial charge in [0.25, 0.3) is 5.69 Å². The van der Waals surface area contributed by atoms with Crippen LogP contribution in [0.3, 0.4) is 0 Å². The molecular formula is C15H14N6O2. The predicted molar refractivity (Wildman–Crippen MR) is 84.9 cm³/mol. The first-order valence-electron chi connectivity index (χ1n) is 7.03. The molecule has 3 rings (SSSR count). The number of nitrogens with one attached hydrogen (secondary N) is 2. The molecule has 2 N–H and O–H groups in total. The topological polar surface area (TPSA) is 110 Å². The summed E-state index contributed by atoms with van der Waals surface area (Å²) in [5.41, 5.74) is 1.04. The summed E-state index contributed by atoms with van der Waals surface area (Å²) in [6, 6.07) is 12.2. The first-order valence-corrected chi connectivity index (χ1v) is 7.03. The van der Waals surface area contributed by atoms with Gasteiger partial charge in [-0.3, -0.25) is 15.2 Å². The minimum Gasteiger partial charge on any atom is -0.370 e. The number of nitrogens with zero attached hydrogens (tertiary/aromatic N) is 4. The van der Waals surface area contributed by atoms with Crippen molar-refractivity contribution in [2.24, 2.45) is 0 Å². The van der Waals surface area contributed by atoms with Crippen LogP contribution in [0.15, 0.2) is 48.8 Å². The number of aromatic amines is 1. The maximum Gasteiger partial charge on any atom is 0.295 e. The summed E-state index contributed by atoms with van der Waals surface area (Å²) in [5.74, 6) is 1.34. The maximum absolute atomic E-state index is 11.2. The van der Waals surface area contributed by atoms with E-state index in [2.05, 4.69) is 25.5 Å². The molecule has 0 aliphatic heterocycles. The van der Waals surface area contributed by atoms with Crippen LogP contribution in [0.5, 0.6) is 0 Å². The van der Waals surface area contributed by atoms with E-state index in [1.165, 1.54) is 12.4 Å². The van der Waals surface area contributed by atoms with E-state index in [4.69, 9.17) is 0 Å². The lowest BCUT2D eigenvalue weighted by atomic mass is 10.1. The Balaban J connectivity index is 1.81. The van der Waals surface area contributed by atoms with Gasteiger partial charge in [-0.2, -0.15) is 5.10 Å². The maximum atomic E-state index is 11.2. The molecule has 0 saturated heterocycles. The zero-order chi connectivity index (χ0) is 16.1. The van der Waals surface area contributed by atoms with Crippen molar-refractivity contribution in [2.75, 3.05) is 11.9 Å². The van der Waals surface area contributed by atoms with Gasteiger partial charge in [0.15, 0.2) is 5.69 Å². The van der Waals surface area contributed by atoms with Crippen molar-refractivity contribution in [1.29, 1.82) is 0 Å². The third-order valence-electron chi connectivity index (χ3n) is 3.25. The molecule has 0 bridgehead atoms. The van der Waals surface area contributed by atoms with Crippen LogP contribution >= 0.6 is 0 Å². The summed E-state index contributed by atoms with van der Waals surface area (Å²) >= 11 is 0. The summed E-state index contributed by atoms with van der Waals surface area (Å²) < 4.78 is 0. The second kappa shape index (κ2) is 6.65. The smallest absolute Gasteiger partial charge is 0.295 e. The summed E-state index contributed by atoms with van der Waals surface area (Å²) in [5, 5.41) is 20.9. The van der Waals surface area contributed by atoms with E-state index in [0.29, 0.717) is 30.0 Å². The molecule has 8 nitrogen and oxygen atoms in total. The normalized spacial score (nSPS) is 10.4. The molecule has 0 spiro atoms. The highest BCUT2D eigenvalue weighted by atomic mass is 16.6. The van der Waals surface area contributed by atoms with Crippen LogP contribution in [0, 0.1) is 10.1 Å². The third kappa shape index (κ3) is 3.49. The minimum absolute atomic E-state index is 0.0167. The molecule has 116 valence electrons. The molecule has 8 heteroatoms. The van der Waals surface area contributed by atoms with E-state index in [9.17, 15) is 10.1 Å². The molecule has 23 heavy (non-hydrogen) atoms. The van der Waals surface area contributed by atoms with Gasteiger partial charge in [-0.25, -0.2) is 9.97 Å². The summed E-state index contributed by atoms with van der Waals surface area (Å²) in [7, 11) is 0. The first-order chi connectivity index (χ1) is 11.2. The number of aromatic nitrogens is 4. The van der Waals surface area contributed by atoms with Crippen molar-refractivity contribution in [1.82, 2.24) is 20.2 Å². The number of rotatable bonds is 6. The van der Waals surface area contributed by atoms with Crippen molar-refractivity contribution in [3.63, 3.8) is 0 Å². The average Bonchev–Trinajstić information content (AvgIpc) is 3.09. The Bertz CT molecular complexity index is 789. The zero-order valence-corrected chi connectivity index (χ0v) is 12.1. The molecule has 0 fully saturated rings. The molecule has 2 heterocycles. The molecule has 0 saturated carbocycles. The second-order valence-electron chi connectivity index (χ2n) is 4.80. The van der Waals surface area contributed by atoms with Crippen LogP contribution in [-0.2, 0) is 6.42 Å². The minimum atomic E-state index is -0.423. The van der Waals surface area contributed by atoms with Crippen LogP contribution in [-0.4, -0.2) is 31.6 Å². The van der Waals surface area contributed by atoms with Gasteiger partial charge in [0.2, 0.25) is 0 Å². The Morgan fingerprint density at radius 2 is 2.00 bits per heavy atom. The second-order valence-corrected chi connectivity index (χ2v) is 4.80. The van der Waals surface area contributed by atoms with Crippen LogP contribution < -0.4 is 5.32 Å². The number of pyridine rings is 1. The lowest BCUT2D eigenvalue weighted by Crippen LogP contribution is -2.08. The standard InChI is InChI=1S/C15H14N6O2/c22-21(23)12-6-7-13(16-9-8-14-17-10-18-20-14)19-15(12)11-4-2-1-3-5-11/h1-7,10H,8-9H2,(H,16,19)(H,17,18,20). The fourth-order valence-corrected chi connectivity index (χ4v) is 2.17. The van der Waals surface area contributed by atoms with Crippen LogP contribution in [0.2, 0.25) is 0 Å². The number of hydrogen-bond donors (Lipinski definition) is 2. The number of hydrogen-bond acceptors (Lipinski definition) is 6. The van der Waals surface area contributed by atoms with Crippen LogP contribution in [0.4, 0.5) is 11.5 Å². The molecule has 1 aromatic carbocycles. The molecule has 0 radical (unpaired) electrons.